The first-order valence-electron chi connectivity index (χ1n) is 6.15. The molecule has 0 aliphatic heterocycles. The molecule has 0 unspecified atom stereocenters. The van der Waals surface area contributed by atoms with Gasteiger partial charge in [0.15, 0.2) is 5.65 Å². The number of benzene rings is 1. The lowest BCUT2D eigenvalue weighted by Gasteiger charge is -2.12. The van der Waals surface area contributed by atoms with Crippen LogP contribution in [0.3, 0.4) is 0 Å². The number of imidazole rings is 1. The van der Waals surface area contributed by atoms with Crippen molar-refractivity contribution in [1.82, 2.24) is 14.6 Å². The number of hydrogen-bond donors (Lipinski definition) is 0. The Morgan fingerprint density at radius 1 is 1.05 bits per heavy atom. The Kier molecular flexibility index (Phi) is 2.71. The first kappa shape index (κ1) is 11.7. The van der Waals surface area contributed by atoms with E-state index in [4.69, 9.17) is 4.74 Å². The van der Waals surface area contributed by atoms with Crippen LogP contribution in [0, 0.1) is 13.8 Å². The number of aromatic nitrogens is 3. The average molecular weight is 253 g/mol. The highest BCUT2D eigenvalue weighted by Crippen LogP contribution is 2.29. The van der Waals surface area contributed by atoms with Crippen LogP contribution in [-0.4, -0.2) is 21.7 Å². The third-order valence-electron chi connectivity index (χ3n) is 3.49. The fourth-order valence-electron chi connectivity index (χ4n) is 2.25. The van der Waals surface area contributed by atoms with Gasteiger partial charge in [-0.25, -0.2) is 9.50 Å². The summed E-state index contributed by atoms with van der Waals surface area (Å²) < 4.78 is 7.12. The fourth-order valence-corrected chi connectivity index (χ4v) is 2.25. The number of methoxy groups -OCH3 is 1. The standard InChI is InChI=1S/C15H15N3O/c1-10-11(2)14(19-3)6-4-12(10)13-5-7-15-16-8-9-18(15)17-13/h4-9H,1-3H3. The van der Waals surface area contributed by atoms with Crippen LogP contribution in [0.4, 0.5) is 0 Å². The number of ether oxygens (including phenoxy) is 1. The predicted octanol–water partition coefficient (Wildman–Crippen LogP) is 3.02. The molecule has 96 valence electrons. The minimum absolute atomic E-state index is 0.853. The molecular weight excluding hydrogens is 238 g/mol. The molecule has 2 heterocycles. The molecule has 3 aromatic rings. The third-order valence-corrected chi connectivity index (χ3v) is 3.49. The van der Waals surface area contributed by atoms with E-state index in [0.29, 0.717) is 0 Å². The van der Waals surface area contributed by atoms with Crippen LogP contribution in [0.5, 0.6) is 5.75 Å². The second-order valence-electron chi connectivity index (χ2n) is 4.51. The first-order valence-corrected chi connectivity index (χ1v) is 6.15. The molecule has 0 bridgehead atoms. The van der Waals surface area contributed by atoms with Crippen LogP contribution in [-0.2, 0) is 0 Å². The van der Waals surface area contributed by atoms with Crippen molar-refractivity contribution in [2.24, 2.45) is 0 Å². The molecule has 0 aliphatic rings. The maximum atomic E-state index is 5.34. The normalized spacial score (nSPS) is 10.9. The van der Waals surface area contributed by atoms with Crippen LogP contribution in [0.2, 0.25) is 0 Å². The topological polar surface area (TPSA) is 39.4 Å². The van der Waals surface area contributed by atoms with Gasteiger partial charge in [-0.15, -0.1) is 0 Å². The molecule has 0 aliphatic carbocycles. The molecule has 1 aromatic carbocycles. The summed E-state index contributed by atoms with van der Waals surface area (Å²) in [5.41, 5.74) is 5.24. The summed E-state index contributed by atoms with van der Waals surface area (Å²) in [5.74, 6) is 0.907. The molecular formula is C15H15N3O. The van der Waals surface area contributed by atoms with Gasteiger partial charge in [-0.05, 0) is 49.2 Å². The minimum atomic E-state index is 0.853. The highest BCUT2D eigenvalue weighted by atomic mass is 16.5. The molecule has 0 radical (unpaired) electrons. The zero-order chi connectivity index (χ0) is 13.4. The van der Waals surface area contributed by atoms with Crippen LogP contribution in [0.15, 0.2) is 36.7 Å². The van der Waals surface area contributed by atoms with Gasteiger partial charge in [0.25, 0.3) is 0 Å². The summed E-state index contributed by atoms with van der Waals surface area (Å²) in [5, 5.41) is 4.58. The number of rotatable bonds is 2. The molecule has 0 spiro atoms. The lowest BCUT2D eigenvalue weighted by molar-refractivity contribution is 0.411. The molecule has 0 N–H and O–H groups in total. The molecule has 4 heteroatoms. The Labute approximate surface area is 111 Å². The molecule has 4 nitrogen and oxygen atoms in total. The van der Waals surface area contributed by atoms with Gasteiger partial charge in [0.2, 0.25) is 0 Å². The predicted molar refractivity (Wildman–Crippen MR) is 74.4 cm³/mol. The van der Waals surface area contributed by atoms with Crippen LogP contribution in [0.1, 0.15) is 11.1 Å². The Balaban J connectivity index is 2.18. The van der Waals surface area contributed by atoms with Gasteiger partial charge in [-0.3, -0.25) is 0 Å². The highest BCUT2D eigenvalue weighted by Gasteiger charge is 2.10. The van der Waals surface area contributed by atoms with Crippen molar-refractivity contribution in [2.45, 2.75) is 13.8 Å². The molecule has 0 saturated heterocycles. The zero-order valence-electron chi connectivity index (χ0n) is 11.2. The van der Waals surface area contributed by atoms with E-state index >= 15 is 0 Å². The van der Waals surface area contributed by atoms with Gasteiger partial charge in [0.1, 0.15) is 5.75 Å². The maximum Gasteiger partial charge on any atom is 0.153 e. The second kappa shape index (κ2) is 4.39. The average Bonchev–Trinajstić information content (AvgIpc) is 2.89. The van der Waals surface area contributed by atoms with Crippen molar-refractivity contribution < 1.29 is 4.74 Å². The van der Waals surface area contributed by atoms with Crippen molar-refractivity contribution in [2.75, 3.05) is 7.11 Å². The smallest absolute Gasteiger partial charge is 0.153 e. The van der Waals surface area contributed by atoms with Crippen molar-refractivity contribution in [1.29, 1.82) is 0 Å². The molecule has 0 amide bonds. The summed E-state index contributed by atoms with van der Waals surface area (Å²) in [7, 11) is 1.69. The Morgan fingerprint density at radius 2 is 1.89 bits per heavy atom. The monoisotopic (exact) mass is 253 g/mol. The minimum Gasteiger partial charge on any atom is -0.496 e. The van der Waals surface area contributed by atoms with E-state index in [1.54, 1.807) is 17.8 Å². The Bertz CT molecular complexity index is 746. The quantitative estimate of drug-likeness (QED) is 0.704. The summed E-state index contributed by atoms with van der Waals surface area (Å²) in [6.45, 7) is 4.15. The van der Waals surface area contributed by atoms with Gasteiger partial charge in [-0.2, -0.15) is 5.10 Å². The summed E-state index contributed by atoms with van der Waals surface area (Å²) >= 11 is 0. The third kappa shape index (κ3) is 1.85. The zero-order valence-corrected chi connectivity index (χ0v) is 11.2. The van der Waals surface area contributed by atoms with Crippen LogP contribution >= 0.6 is 0 Å². The number of nitrogens with zero attached hydrogens (tertiary/aromatic N) is 3. The van der Waals surface area contributed by atoms with E-state index in [9.17, 15) is 0 Å². The molecule has 0 fully saturated rings. The summed E-state index contributed by atoms with van der Waals surface area (Å²) in [4.78, 5) is 4.20. The Hall–Kier alpha value is -2.36. The van der Waals surface area contributed by atoms with E-state index in [-0.39, 0.29) is 0 Å². The summed E-state index contributed by atoms with van der Waals surface area (Å²) in [6, 6.07) is 8.00. The number of fused-ring (bicyclic) bond motifs is 1. The van der Waals surface area contributed by atoms with E-state index in [1.165, 1.54) is 5.56 Å². The van der Waals surface area contributed by atoms with Crippen molar-refractivity contribution in [3.8, 4) is 17.0 Å². The highest BCUT2D eigenvalue weighted by molar-refractivity contribution is 5.67. The van der Waals surface area contributed by atoms with E-state index < -0.39 is 0 Å². The van der Waals surface area contributed by atoms with Crippen molar-refractivity contribution in [3.05, 3.63) is 47.8 Å². The number of hydrogen-bond acceptors (Lipinski definition) is 3. The van der Waals surface area contributed by atoms with Crippen LogP contribution in [0.25, 0.3) is 16.9 Å². The van der Waals surface area contributed by atoms with E-state index in [0.717, 1.165) is 28.2 Å². The fraction of sp³-hybridized carbons (Fsp3) is 0.200. The van der Waals surface area contributed by atoms with Gasteiger partial charge < -0.3 is 4.74 Å². The second-order valence-corrected chi connectivity index (χ2v) is 4.51. The van der Waals surface area contributed by atoms with Gasteiger partial charge in [-0.1, -0.05) is 0 Å². The SMILES string of the molecule is COc1ccc(-c2ccc3nccn3n2)c(C)c1C. The largest absolute Gasteiger partial charge is 0.496 e. The van der Waals surface area contributed by atoms with Gasteiger partial charge in [0.05, 0.1) is 12.8 Å². The molecule has 0 atom stereocenters. The van der Waals surface area contributed by atoms with Crippen molar-refractivity contribution >= 4 is 5.65 Å². The van der Waals surface area contributed by atoms with E-state index in [1.807, 2.05) is 30.5 Å². The summed E-state index contributed by atoms with van der Waals surface area (Å²) in [6.07, 6.45) is 3.60. The lowest BCUT2D eigenvalue weighted by Crippen LogP contribution is -1.97. The van der Waals surface area contributed by atoms with E-state index in [2.05, 4.69) is 23.9 Å². The molecule has 2 aromatic heterocycles. The van der Waals surface area contributed by atoms with Gasteiger partial charge >= 0.3 is 0 Å². The van der Waals surface area contributed by atoms with Crippen LogP contribution < -0.4 is 4.74 Å². The maximum absolute atomic E-state index is 5.34. The first-order chi connectivity index (χ1) is 9.20. The molecule has 19 heavy (non-hydrogen) atoms. The van der Waals surface area contributed by atoms with Gasteiger partial charge in [0, 0.05) is 18.0 Å². The lowest BCUT2D eigenvalue weighted by atomic mass is 10.00. The van der Waals surface area contributed by atoms with Crippen molar-refractivity contribution in [3.63, 3.8) is 0 Å². The Morgan fingerprint density at radius 3 is 2.68 bits per heavy atom. The molecule has 3 rings (SSSR count). The molecule has 0 saturated carbocycles.